The molecule has 0 aliphatic carbocycles. The maximum absolute atomic E-state index is 5.30. The Labute approximate surface area is 423 Å². The van der Waals surface area contributed by atoms with Crippen molar-refractivity contribution in [3.05, 3.63) is 186 Å². The van der Waals surface area contributed by atoms with Crippen LogP contribution in [0.3, 0.4) is 0 Å². The van der Waals surface area contributed by atoms with E-state index in [-0.39, 0.29) is 20.1 Å². The fourth-order valence-corrected chi connectivity index (χ4v) is 13.8. The minimum absolute atomic E-state index is 0. The van der Waals surface area contributed by atoms with Crippen LogP contribution in [0.2, 0.25) is 17.3 Å². The van der Waals surface area contributed by atoms with Crippen molar-refractivity contribution in [2.24, 2.45) is 5.92 Å². The first-order valence-corrected chi connectivity index (χ1v) is 31.9. The predicted molar refractivity (Wildman–Crippen MR) is 290 cm³/mol. The molecule has 345 valence electrons. The molecule has 0 unspecified atom stereocenters. The number of fused-ring (bicyclic) bond motifs is 4. The van der Waals surface area contributed by atoms with Gasteiger partial charge >= 0.3 is 161 Å². The van der Waals surface area contributed by atoms with Crippen LogP contribution < -0.4 is 4.40 Å². The van der Waals surface area contributed by atoms with Gasteiger partial charge in [0.05, 0.1) is 16.9 Å². The van der Waals surface area contributed by atoms with Gasteiger partial charge in [-0.1, -0.05) is 87.2 Å². The van der Waals surface area contributed by atoms with E-state index < -0.39 is 13.3 Å². The molecular formula is C61H60GeIrN4S-2. The number of imidazole rings is 1. The van der Waals surface area contributed by atoms with E-state index in [9.17, 15) is 0 Å². The van der Waals surface area contributed by atoms with Crippen molar-refractivity contribution >= 4 is 60.3 Å². The summed E-state index contributed by atoms with van der Waals surface area (Å²) in [5.74, 6) is 9.55. The first-order valence-electron chi connectivity index (χ1n) is 23.7. The minimum atomic E-state index is -1.93. The molecule has 6 aromatic carbocycles. The number of aryl methyl sites for hydroxylation is 1. The third-order valence-corrected chi connectivity index (χ3v) is 18.0. The third kappa shape index (κ3) is 10.1. The van der Waals surface area contributed by atoms with Crippen LogP contribution in [0.15, 0.2) is 152 Å². The Kier molecular flexibility index (Phi) is 14.8. The first kappa shape index (κ1) is 48.9. The quantitative estimate of drug-likeness (QED) is 0.101. The molecule has 0 aliphatic rings. The molecule has 1 radical (unpaired) electrons. The average Bonchev–Trinajstić information content (AvgIpc) is 3.89. The van der Waals surface area contributed by atoms with Crippen molar-refractivity contribution in [1.29, 1.82) is 0 Å². The summed E-state index contributed by atoms with van der Waals surface area (Å²) >= 11 is -0.196. The zero-order valence-electron chi connectivity index (χ0n) is 40.9. The van der Waals surface area contributed by atoms with Gasteiger partial charge in [0.2, 0.25) is 0 Å². The van der Waals surface area contributed by atoms with Gasteiger partial charge in [-0.2, -0.15) is 11.3 Å². The molecule has 10 rings (SSSR count). The number of thiophene rings is 1. The average molecular weight is 1150 g/mol. The fourth-order valence-electron chi connectivity index (χ4n) is 9.27. The van der Waals surface area contributed by atoms with Gasteiger partial charge in [0.1, 0.15) is 4.83 Å². The van der Waals surface area contributed by atoms with Crippen LogP contribution in [-0.2, 0) is 26.5 Å². The number of para-hydroxylation sites is 2. The first-order chi connectivity index (χ1) is 32.2. The number of hydrogen-bond acceptors (Lipinski definition) is 4. The molecule has 4 aromatic heterocycles. The van der Waals surface area contributed by atoms with Crippen LogP contribution in [0.5, 0.6) is 0 Å². The number of nitrogens with zero attached hydrogens (tertiary/aromatic N) is 4. The molecule has 10 aromatic rings. The minimum Gasteiger partial charge on any atom is -0.333 e. The van der Waals surface area contributed by atoms with Crippen LogP contribution in [0.25, 0.3) is 81.9 Å². The van der Waals surface area contributed by atoms with Gasteiger partial charge in [0.15, 0.2) is 0 Å². The van der Waals surface area contributed by atoms with Crippen LogP contribution in [-0.4, -0.2) is 32.8 Å². The Morgan fingerprint density at radius 2 is 1.26 bits per heavy atom. The van der Waals surface area contributed by atoms with Gasteiger partial charge in [-0.05, 0) is 81.4 Å². The summed E-state index contributed by atoms with van der Waals surface area (Å²) in [5.41, 5.74) is 16.6. The molecular weight excluding hydrogens is 1090 g/mol. The second kappa shape index (κ2) is 20.6. The molecule has 7 heteroatoms. The van der Waals surface area contributed by atoms with Crippen molar-refractivity contribution in [3.8, 4) is 50.6 Å². The summed E-state index contributed by atoms with van der Waals surface area (Å²) in [6.45, 7) is 15.8. The number of hydrogen-bond donors (Lipinski definition) is 0. The monoisotopic (exact) mass is 1150 g/mol. The molecule has 68 heavy (non-hydrogen) atoms. The van der Waals surface area contributed by atoms with Gasteiger partial charge < -0.3 is 4.57 Å². The Balaban J connectivity index is 0.000000201. The van der Waals surface area contributed by atoms with Gasteiger partial charge in [-0.15, -0.1) is 18.2 Å². The van der Waals surface area contributed by atoms with E-state index in [0.717, 1.165) is 50.6 Å². The zero-order chi connectivity index (χ0) is 47.0. The molecule has 0 amide bonds. The number of benzene rings is 6. The van der Waals surface area contributed by atoms with Gasteiger partial charge in [-0.3, -0.25) is 4.98 Å². The smallest absolute Gasteiger partial charge is 0.113 e. The summed E-state index contributed by atoms with van der Waals surface area (Å²) in [5, 5.41) is 2.39. The van der Waals surface area contributed by atoms with Crippen molar-refractivity contribution in [2.75, 3.05) is 0 Å². The SMILES string of the molecule is CC(C)Cc1cc(-c2[c-]ccc(-c3ccccc3)c2)nc[c]1[Ge]([CH3])([CH3])[CH3].Cc1ccc2c(n1)sc1c(-c3nc4ccccc4n3-c3c(C(C)C)cc(-c4ccccc4)cc3C(C)C)[c-]ccc12.[Ir]. The van der Waals surface area contributed by atoms with Gasteiger partial charge in [0, 0.05) is 31.5 Å². The maximum atomic E-state index is 5.30. The van der Waals surface area contributed by atoms with Crippen LogP contribution >= 0.6 is 11.3 Å². The maximum Gasteiger partial charge on any atom is 0.113 e. The Bertz CT molecular complexity index is 3330. The summed E-state index contributed by atoms with van der Waals surface area (Å²) in [7, 11) is 0. The molecule has 0 spiro atoms. The van der Waals surface area contributed by atoms with Crippen molar-refractivity contribution in [3.63, 3.8) is 0 Å². The molecule has 0 N–H and O–H groups in total. The predicted octanol–water partition coefficient (Wildman–Crippen LogP) is 16.4. The van der Waals surface area contributed by atoms with E-state index in [1.807, 2.05) is 12.1 Å². The largest absolute Gasteiger partial charge is 0.333 e. The standard InChI is InChI=1S/C37H32N3S.C24H28GeN.Ir/c1-22(2)30-20-26(25-12-7-6-8-13-25)21-31(23(3)4)34(30)40-33-17-10-9-16-32(33)39-36(40)29-15-11-14-27-28-19-18-24(5)38-37(28)41-35(27)29;1-18(2)14-22-16-24(26-17-23(22)25(3,4)5)21-13-9-12-20(15-21)19-10-7-6-8-11-19;/h6-14,16-23H,1-5H3;6-12,15-18H,14H2,1-5H3;/q2*-1;. The molecule has 4 nitrogen and oxygen atoms in total. The molecule has 0 saturated heterocycles. The molecule has 0 saturated carbocycles. The molecule has 0 aliphatic heterocycles. The molecule has 0 atom stereocenters. The second-order valence-electron chi connectivity index (χ2n) is 19.9. The number of aromatic nitrogens is 4. The molecule has 4 heterocycles. The van der Waals surface area contributed by atoms with Gasteiger partial charge in [-0.25, -0.2) is 4.98 Å². The zero-order valence-corrected chi connectivity index (χ0v) is 46.2. The molecule has 0 fully saturated rings. The molecule has 0 bridgehead atoms. The van der Waals surface area contributed by atoms with Crippen molar-refractivity contribution in [1.82, 2.24) is 19.5 Å². The third-order valence-electron chi connectivity index (χ3n) is 12.6. The van der Waals surface area contributed by atoms with E-state index in [2.05, 4.69) is 222 Å². The summed E-state index contributed by atoms with van der Waals surface area (Å²) < 4.78 is 5.11. The number of pyridine rings is 2. The van der Waals surface area contributed by atoms with Crippen LogP contribution in [0.1, 0.15) is 75.8 Å². The second-order valence-corrected chi connectivity index (χ2v) is 31.4. The van der Waals surface area contributed by atoms with Crippen molar-refractivity contribution in [2.45, 2.75) is 84.0 Å². The summed E-state index contributed by atoms with van der Waals surface area (Å²) in [6.07, 6.45) is 3.27. The summed E-state index contributed by atoms with van der Waals surface area (Å²) in [6, 6.07) is 58.6. The van der Waals surface area contributed by atoms with E-state index in [1.165, 1.54) is 64.5 Å². The summed E-state index contributed by atoms with van der Waals surface area (Å²) in [4.78, 5) is 16.0. The Hall–Kier alpha value is -5.50. The number of rotatable bonds is 10. The van der Waals surface area contributed by atoms with E-state index in [0.29, 0.717) is 17.8 Å². The van der Waals surface area contributed by atoms with Crippen LogP contribution in [0, 0.1) is 25.0 Å². The normalized spacial score (nSPS) is 11.7. The van der Waals surface area contributed by atoms with E-state index >= 15 is 0 Å². The Morgan fingerprint density at radius 1 is 0.632 bits per heavy atom. The van der Waals surface area contributed by atoms with Crippen LogP contribution in [0.4, 0.5) is 0 Å². The Morgan fingerprint density at radius 3 is 1.91 bits per heavy atom. The van der Waals surface area contributed by atoms with Gasteiger partial charge in [0.25, 0.3) is 0 Å². The van der Waals surface area contributed by atoms with E-state index in [1.54, 1.807) is 11.3 Å². The van der Waals surface area contributed by atoms with Crippen molar-refractivity contribution < 1.29 is 20.1 Å². The van der Waals surface area contributed by atoms with E-state index in [4.69, 9.17) is 15.0 Å². The fraction of sp³-hybridized carbons (Fsp3) is 0.230. The topological polar surface area (TPSA) is 43.6 Å².